The van der Waals surface area contributed by atoms with Crippen LogP contribution in [0.3, 0.4) is 0 Å². The monoisotopic (exact) mass is 311 g/mol. The van der Waals surface area contributed by atoms with Crippen molar-refractivity contribution >= 4 is 33.8 Å². The molecule has 2 aromatic carbocycles. The van der Waals surface area contributed by atoms with Crippen molar-refractivity contribution in [3.05, 3.63) is 48.0 Å². The molecule has 0 saturated heterocycles. The van der Waals surface area contributed by atoms with E-state index in [1.165, 1.54) is 13.8 Å². The van der Waals surface area contributed by atoms with Crippen LogP contribution in [0.1, 0.15) is 26.3 Å². The molecule has 0 aliphatic heterocycles. The van der Waals surface area contributed by atoms with Gasteiger partial charge in [0.2, 0.25) is 11.6 Å². The summed E-state index contributed by atoms with van der Waals surface area (Å²) in [6.45, 7) is 4.32. The number of carbonyl (C=O) groups is 2. The van der Waals surface area contributed by atoms with Gasteiger partial charge in [-0.3, -0.25) is 9.59 Å². The van der Waals surface area contributed by atoms with Gasteiger partial charge in [0.25, 0.3) is 0 Å². The van der Waals surface area contributed by atoms with E-state index in [-0.39, 0.29) is 5.91 Å². The second kappa shape index (κ2) is 5.43. The fourth-order valence-electron chi connectivity index (χ4n) is 2.80. The topological polar surface area (TPSA) is 68.5 Å². The summed E-state index contributed by atoms with van der Waals surface area (Å²) >= 11 is 0. The highest BCUT2D eigenvalue weighted by Gasteiger charge is 2.31. The van der Waals surface area contributed by atoms with Gasteiger partial charge in [-0.1, -0.05) is 24.3 Å². The molecule has 0 radical (unpaired) electrons. The highest BCUT2D eigenvalue weighted by molar-refractivity contribution is 6.04. The minimum atomic E-state index is -1.25. The number of esters is 1. The summed E-state index contributed by atoms with van der Waals surface area (Å²) in [6, 6.07) is 13.3. The van der Waals surface area contributed by atoms with E-state index in [1.807, 2.05) is 36.4 Å². The number of para-hydroxylation sites is 1. The molecule has 5 heteroatoms. The molecule has 0 fully saturated rings. The summed E-state index contributed by atoms with van der Waals surface area (Å²) in [4.78, 5) is 22.9. The van der Waals surface area contributed by atoms with E-state index in [0.29, 0.717) is 11.1 Å². The van der Waals surface area contributed by atoms with E-state index in [2.05, 4.69) is 5.32 Å². The van der Waals surface area contributed by atoms with Crippen LogP contribution in [0, 0.1) is 0 Å². The summed E-state index contributed by atoms with van der Waals surface area (Å²) < 4.78 is 11.2. The fourth-order valence-corrected chi connectivity index (χ4v) is 2.80. The normalized spacial score (nSPS) is 13.7. The number of benzene rings is 2. The van der Waals surface area contributed by atoms with Gasteiger partial charge in [-0.15, -0.1) is 0 Å². The molecule has 0 saturated carbocycles. The Balaban J connectivity index is 2.14. The summed E-state index contributed by atoms with van der Waals surface area (Å²) in [6.07, 6.45) is 0. The van der Waals surface area contributed by atoms with Gasteiger partial charge in [-0.25, -0.2) is 0 Å². The van der Waals surface area contributed by atoms with Gasteiger partial charge in [0, 0.05) is 30.2 Å². The van der Waals surface area contributed by atoms with Crippen LogP contribution >= 0.6 is 0 Å². The molecule has 0 aliphatic carbocycles. The third-order valence-corrected chi connectivity index (χ3v) is 3.69. The zero-order valence-electron chi connectivity index (χ0n) is 13.2. The maximum absolute atomic E-state index is 11.5. The predicted molar refractivity (Wildman–Crippen MR) is 86.7 cm³/mol. The van der Waals surface area contributed by atoms with Crippen LogP contribution in [0.25, 0.3) is 21.9 Å². The average Bonchev–Trinajstić information content (AvgIpc) is 2.83. The first-order valence-electron chi connectivity index (χ1n) is 7.29. The summed E-state index contributed by atoms with van der Waals surface area (Å²) in [5.74, 6) is -0.774. The molecule has 1 atom stereocenters. The van der Waals surface area contributed by atoms with Crippen LogP contribution < -0.4 is 5.32 Å². The lowest BCUT2D eigenvalue weighted by Crippen LogP contribution is -2.45. The van der Waals surface area contributed by atoms with Gasteiger partial charge in [-0.2, -0.15) is 0 Å². The molecule has 23 heavy (non-hydrogen) atoms. The Morgan fingerprint density at radius 3 is 2.43 bits per heavy atom. The zero-order valence-corrected chi connectivity index (χ0v) is 13.2. The fraction of sp³-hybridized carbons (Fsp3) is 0.222. The smallest absolute Gasteiger partial charge is 0.304 e. The largest absolute Gasteiger partial charge is 0.456 e. The van der Waals surface area contributed by atoms with Crippen molar-refractivity contribution in [2.24, 2.45) is 0 Å². The highest BCUT2D eigenvalue weighted by atomic mass is 16.6. The van der Waals surface area contributed by atoms with Gasteiger partial charge in [0.05, 0.1) is 0 Å². The zero-order chi connectivity index (χ0) is 16.6. The second-order valence-corrected chi connectivity index (χ2v) is 5.62. The van der Waals surface area contributed by atoms with Crippen molar-refractivity contribution in [1.29, 1.82) is 0 Å². The van der Waals surface area contributed by atoms with Gasteiger partial charge >= 0.3 is 5.97 Å². The Morgan fingerprint density at radius 1 is 1.04 bits per heavy atom. The van der Waals surface area contributed by atoms with E-state index in [4.69, 9.17) is 9.15 Å². The van der Waals surface area contributed by atoms with Crippen molar-refractivity contribution in [3.63, 3.8) is 0 Å². The van der Waals surface area contributed by atoms with E-state index in [0.717, 1.165) is 16.4 Å². The minimum absolute atomic E-state index is 0.293. The second-order valence-electron chi connectivity index (χ2n) is 5.62. The summed E-state index contributed by atoms with van der Waals surface area (Å²) in [5.41, 5.74) is 0.848. The highest BCUT2D eigenvalue weighted by Crippen LogP contribution is 2.32. The number of fused-ring (bicyclic) bond motifs is 3. The molecule has 1 amide bonds. The molecule has 1 heterocycles. The van der Waals surface area contributed by atoms with Crippen molar-refractivity contribution in [2.45, 2.75) is 26.5 Å². The minimum Gasteiger partial charge on any atom is -0.456 e. The predicted octanol–water partition coefficient (Wildman–Crippen LogP) is 3.46. The SMILES string of the molecule is CC(=O)NC(C)(OC(C)=O)c1ccc2c(c1)oc1ccccc12. The third kappa shape index (κ3) is 2.77. The molecule has 1 N–H and O–H groups in total. The van der Waals surface area contributed by atoms with Crippen LogP contribution in [-0.2, 0) is 20.1 Å². The number of amides is 1. The Morgan fingerprint density at radius 2 is 1.74 bits per heavy atom. The number of nitrogens with one attached hydrogen (secondary N) is 1. The summed E-state index contributed by atoms with van der Waals surface area (Å²) in [7, 11) is 0. The van der Waals surface area contributed by atoms with E-state index >= 15 is 0 Å². The number of furan rings is 1. The molecule has 3 rings (SSSR count). The van der Waals surface area contributed by atoms with Gasteiger partial charge < -0.3 is 14.5 Å². The Kier molecular flexibility index (Phi) is 3.56. The molecule has 1 aromatic heterocycles. The van der Waals surface area contributed by atoms with Crippen molar-refractivity contribution < 1.29 is 18.7 Å². The van der Waals surface area contributed by atoms with Crippen molar-refractivity contribution in [1.82, 2.24) is 5.32 Å². The first kappa shape index (κ1) is 15.1. The Hall–Kier alpha value is -2.82. The van der Waals surface area contributed by atoms with Crippen LogP contribution in [-0.4, -0.2) is 11.9 Å². The number of carbonyl (C=O) groups excluding carboxylic acids is 2. The van der Waals surface area contributed by atoms with Crippen molar-refractivity contribution in [3.8, 4) is 0 Å². The lowest BCUT2D eigenvalue weighted by Gasteiger charge is -2.30. The maximum atomic E-state index is 11.5. The third-order valence-electron chi connectivity index (χ3n) is 3.69. The quantitative estimate of drug-likeness (QED) is 0.594. The van der Waals surface area contributed by atoms with Crippen LogP contribution in [0.4, 0.5) is 0 Å². The lowest BCUT2D eigenvalue weighted by molar-refractivity contribution is -0.162. The van der Waals surface area contributed by atoms with E-state index < -0.39 is 11.7 Å². The Bertz CT molecular complexity index is 894. The van der Waals surface area contributed by atoms with Crippen LogP contribution in [0.5, 0.6) is 0 Å². The van der Waals surface area contributed by atoms with E-state index in [1.54, 1.807) is 13.0 Å². The molecule has 1 unspecified atom stereocenters. The molecular formula is C18H17NO4. The Labute approximate surface area is 133 Å². The van der Waals surface area contributed by atoms with Gasteiger partial charge in [0.15, 0.2) is 0 Å². The molecule has 0 bridgehead atoms. The molecular weight excluding hydrogens is 294 g/mol. The van der Waals surface area contributed by atoms with Crippen molar-refractivity contribution in [2.75, 3.05) is 0 Å². The molecule has 0 aliphatic rings. The van der Waals surface area contributed by atoms with E-state index in [9.17, 15) is 9.59 Å². The number of rotatable bonds is 3. The van der Waals surface area contributed by atoms with Crippen LogP contribution in [0.15, 0.2) is 46.9 Å². The number of hydrogen-bond donors (Lipinski definition) is 1. The molecule has 5 nitrogen and oxygen atoms in total. The maximum Gasteiger partial charge on any atom is 0.304 e. The average molecular weight is 311 g/mol. The van der Waals surface area contributed by atoms with Gasteiger partial charge in [0.1, 0.15) is 11.2 Å². The standard InChI is InChI=1S/C18H17NO4/c1-11(20)19-18(3,23-12(2)21)13-8-9-15-14-6-4-5-7-16(14)22-17(15)10-13/h4-10H,1-3H3,(H,19,20). The van der Waals surface area contributed by atoms with Gasteiger partial charge in [-0.05, 0) is 25.1 Å². The lowest BCUT2D eigenvalue weighted by atomic mass is 10.0. The first-order valence-corrected chi connectivity index (χ1v) is 7.29. The number of ether oxygens (including phenoxy) is 1. The molecule has 0 spiro atoms. The first-order chi connectivity index (χ1) is 10.9. The van der Waals surface area contributed by atoms with Crippen LogP contribution in [0.2, 0.25) is 0 Å². The number of hydrogen-bond acceptors (Lipinski definition) is 4. The molecule has 118 valence electrons. The molecule has 3 aromatic rings. The summed E-state index contributed by atoms with van der Waals surface area (Å²) in [5, 5.41) is 4.66.